The fourth-order valence-electron chi connectivity index (χ4n) is 2.72. The number of pyridine rings is 1. The minimum Gasteiger partial charge on any atom is -0.359 e. The van der Waals surface area contributed by atoms with Gasteiger partial charge in [-0.15, -0.1) is 11.6 Å². The molecule has 5 heteroatoms. The molecular weight excluding hydrogens is 286 g/mol. The summed E-state index contributed by atoms with van der Waals surface area (Å²) >= 11 is 5.64. The minimum atomic E-state index is 0.197. The molecule has 1 N–H and O–H groups in total. The Hall–Kier alpha value is -1.81. The maximum atomic E-state index is 12.0. The molecule has 0 saturated heterocycles. The summed E-state index contributed by atoms with van der Waals surface area (Å²) < 4.78 is 0. The second kappa shape index (κ2) is 6.31. The van der Waals surface area contributed by atoms with Crippen molar-refractivity contribution in [2.45, 2.75) is 19.3 Å². The Bertz CT molecular complexity index is 677. The Labute approximate surface area is 128 Å². The van der Waals surface area contributed by atoms with Gasteiger partial charge in [0.05, 0.1) is 11.0 Å². The molecule has 1 aliphatic heterocycles. The van der Waals surface area contributed by atoms with Crippen LogP contribution < -0.4 is 0 Å². The summed E-state index contributed by atoms with van der Waals surface area (Å²) in [5, 5.41) is 0. The lowest BCUT2D eigenvalue weighted by Crippen LogP contribution is -2.34. The second-order valence-corrected chi connectivity index (χ2v) is 5.59. The largest absolute Gasteiger partial charge is 0.359 e. The number of alkyl halides is 1. The highest BCUT2D eigenvalue weighted by atomic mass is 35.5. The Balaban J connectivity index is 1.74. The van der Waals surface area contributed by atoms with Crippen LogP contribution in [0.2, 0.25) is 0 Å². The zero-order chi connectivity index (χ0) is 14.7. The fraction of sp³-hybridized carbons (Fsp3) is 0.375. The van der Waals surface area contributed by atoms with Crippen molar-refractivity contribution in [1.82, 2.24) is 14.9 Å². The number of hydrogen-bond donors (Lipinski definition) is 1. The lowest BCUT2D eigenvalue weighted by molar-refractivity contribution is -0.130. The number of carbonyl (C=O) groups is 1. The van der Waals surface area contributed by atoms with Crippen LogP contribution in [0.3, 0.4) is 0 Å². The Morgan fingerprint density at radius 2 is 2.38 bits per heavy atom. The number of H-pyrrole nitrogens is 1. The van der Waals surface area contributed by atoms with Crippen LogP contribution >= 0.6 is 11.6 Å². The van der Waals surface area contributed by atoms with E-state index >= 15 is 0 Å². The predicted molar refractivity (Wildman–Crippen MR) is 85.2 cm³/mol. The second-order valence-electron chi connectivity index (χ2n) is 5.21. The van der Waals surface area contributed by atoms with Crippen LogP contribution in [-0.4, -0.2) is 39.7 Å². The molecular formula is C16H18ClN3O. The maximum Gasteiger partial charge on any atom is 0.222 e. The first-order valence-corrected chi connectivity index (χ1v) is 7.78. The molecule has 2 aromatic rings. The van der Waals surface area contributed by atoms with E-state index in [1.807, 2.05) is 29.4 Å². The molecule has 0 aliphatic carbocycles. The molecule has 3 rings (SSSR count). The van der Waals surface area contributed by atoms with E-state index in [-0.39, 0.29) is 5.91 Å². The summed E-state index contributed by atoms with van der Waals surface area (Å²) in [6.07, 6.45) is 8.12. The SMILES string of the molecule is O=C(CCCCl)N1CC=C(c2c[nH]c3cccnc23)CC1. The van der Waals surface area contributed by atoms with E-state index in [9.17, 15) is 4.79 Å². The third-order valence-corrected chi connectivity index (χ3v) is 4.13. The van der Waals surface area contributed by atoms with Gasteiger partial charge in [0.2, 0.25) is 5.91 Å². The Morgan fingerprint density at radius 3 is 3.14 bits per heavy atom. The van der Waals surface area contributed by atoms with Crippen LogP contribution in [0.15, 0.2) is 30.6 Å². The first kappa shape index (κ1) is 14.1. The molecule has 4 nitrogen and oxygen atoms in total. The number of nitrogens with zero attached hydrogens (tertiary/aromatic N) is 2. The lowest BCUT2D eigenvalue weighted by atomic mass is 10.0. The average Bonchev–Trinajstić information content (AvgIpc) is 2.97. The number of rotatable bonds is 4. The number of hydrogen-bond acceptors (Lipinski definition) is 2. The van der Waals surface area contributed by atoms with Gasteiger partial charge in [0.15, 0.2) is 0 Å². The smallest absolute Gasteiger partial charge is 0.222 e. The van der Waals surface area contributed by atoms with Crippen molar-refractivity contribution in [1.29, 1.82) is 0 Å². The number of halogens is 1. The zero-order valence-electron chi connectivity index (χ0n) is 11.8. The van der Waals surface area contributed by atoms with Gasteiger partial charge in [-0.05, 0) is 30.5 Å². The summed E-state index contributed by atoms with van der Waals surface area (Å²) in [6.45, 7) is 1.45. The maximum absolute atomic E-state index is 12.0. The molecule has 1 amide bonds. The number of amides is 1. The van der Waals surface area contributed by atoms with E-state index < -0.39 is 0 Å². The Kier molecular flexibility index (Phi) is 4.25. The van der Waals surface area contributed by atoms with Crippen LogP contribution in [0.4, 0.5) is 0 Å². The van der Waals surface area contributed by atoms with E-state index in [2.05, 4.69) is 16.0 Å². The van der Waals surface area contributed by atoms with Crippen molar-refractivity contribution in [3.8, 4) is 0 Å². The molecule has 0 saturated carbocycles. The van der Waals surface area contributed by atoms with Crippen molar-refractivity contribution in [2.24, 2.45) is 0 Å². The summed E-state index contributed by atoms with van der Waals surface area (Å²) in [7, 11) is 0. The van der Waals surface area contributed by atoms with E-state index in [1.165, 1.54) is 5.57 Å². The van der Waals surface area contributed by atoms with E-state index in [1.54, 1.807) is 0 Å². The normalized spacial score (nSPS) is 15.3. The topological polar surface area (TPSA) is 49.0 Å². The van der Waals surface area contributed by atoms with E-state index in [4.69, 9.17) is 11.6 Å². The first-order valence-electron chi connectivity index (χ1n) is 7.25. The van der Waals surface area contributed by atoms with Gasteiger partial charge in [-0.25, -0.2) is 0 Å². The van der Waals surface area contributed by atoms with E-state index in [0.717, 1.165) is 36.0 Å². The van der Waals surface area contributed by atoms with Gasteiger partial charge in [-0.1, -0.05) is 6.08 Å². The summed E-state index contributed by atoms with van der Waals surface area (Å²) in [4.78, 5) is 21.6. The third kappa shape index (κ3) is 2.95. The Morgan fingerprint density at radius 1 is 1.48 bits per heavy atom. The van der Waals surface area contributed by atoms with Crippen LogP contribution in [0.1, 0.15) is 24.8 Å². The van der Waals surface area contributed by atoms with Gasteiger partial charge in [0, 0.05) is 43.3 Å². The standard InChI is InChI=1S/C16H18ClN3O/c17-7-1-4-15(21)20-9-5-12(6-10-20)13-11-19-14-3-2-8-18-16(13)14/h2-3,5,8,11,19H,1,4,6-7,9-10H2. The van der Waals surface area contributed by atoms with Crippen molar-refractivity contribution in [3.63, 3.8) is 0 Å². The molecule has 0 radical (unpaired) electrons. The number of aromatic amines is 1. The van der Waals surface area contributed by atoms with Crippen molar-refractivity contribution >= 4 is 34.1 Å². The van der Waals surface area contributed by atoms with Crippen LogP contribution in [0.5, 0.6) is 0 Å². The quantitative estimate of drug-likeness (QED) is 0.882. The molecule has 0 fully saturated rings. The zero-order valence-corrected chi connectivity index (χ0v) is 12.6. The molecule has 0 spiro atoms. The molecule has 0 bridgehead atoms. The highest BCUT2D eigenvalue weighted by Gasteiger charge is 2.19. The predicted octanol–water partition coefficient (Wildman–Crippen LogP) is 3.20. The van der Waals surface area contributed by atoms with Crippen molar-refractivity contribution in [3.05, 3.63) is 36.2 Å². The highest BCUT2D eigenvalue weighted by Crippen LogP contribution is 2.27. The lowest BCUT2D eigenvalue weighted by Gasteiger charge is -2.26. The number of fused-ring (bicyclic) bond motifs is 1. The molecule has 0 atom stereocenters. The van der Waals surface area contributed by atoms with Gasteiger partial charge in [-0.2, -0.15) is 0 Å². The summed E-state index contributed by atoms with van der Waals surface area (Å²) in [6, 6.07) is 3.95. The minimum absolute atomic E-state index is 0.197. The van der Waals surface area contributed by atoms with Gasteiger partial charge in [0.25, 0.3) is 0 Å². The number of nitrogens with one attached hydrogen (secondary N) is 1. The first-order chi connectivity index (χ1) is 10.3. The van der Waals surface area contributed by atoms with Crippen LogP contribution in [0.25, 0.3) is 16.6 Å². The molecule has 0 aromatic carbocycles. The van der Waals surface area contributed by atoms with Gasteiger partial charge in [-0.3, -0.25) is 9.78 Å². The molecule has 2 aromatic heterocycles. The molecule has 1 aliphatic rings. The summed E-state index contributed by atoms with van der Waals surface area (Å²) in [5.74, 6) is 0.741. The van der Waals surface area contributed by atoms with Gasteiger partial charge >= 0.3 is 0 Å². The average molecular weight is 304 g/mol. The molecule has 110 valence electrons. The monoisotopic (exact) mass is 303 g/mol. The van der Waals surface area contributed by atoms with E-state index in [0.29, 0.717) is 18.8 Å². The van der Waals surface area contributed by atoms with Crippen molar-refractivity contribution in [2.75, 3.05) is 19.0 Å². The third-order valence-electron chi connectivity index (χ3n) is 3.87. The molecule has 3 heterocycles. The molecule has 0 unspecified atom stereocenters. The summed E-state index contributed by atoms with van der Waals surface area (Å²) in [5.41, 5.74) is 4.47. The number of carbonyl (C=O) groups excluding carboxylic acids is 1. The number of aromatic nitrogens is 2. The highest BCUT2D eigenvalue weighted by molar-refractivity contribution is 6.17. The molecule has 21 heavy (non-hydrogen) atoms. The van der Waals surface area contributed by atoms with Crippen molar-refractivity contribution < 1.29 is 4.79 Å². The van der Waals surface area contributed by atoms with Gasteiger partial charge < -0.3 is 9.88 Å². The van der Waals surface area contributed by atoms with Crippen LogP contribution in [0, 0.1) is 0 Å². The fourth-order valence-corrected chi connectivity index (χ4v) is 2.85. The van der Waals surface area contributed by atoms with Crippen LogP contribution in [-0.2, 0) is 4.79 Å². The van der Waals surface area contributed by atoms with Gasteiger partial charge in [0.1, 0.15) is 0 Å².